The van der Waals surface area contributed by atoms with E-state index in [0.29, 0.717) is 0 Å². The summed E-state index contributed by atoms with van der Waals surface area (Å²) in [5, 5.41) is 2.79. The summed E-state index contributed by atoms with van der Waals surface area (Å²) < 4.78 is 0. The summed E-state index contributed by atoms with van der Waals surface area (Å²) in [7, 11) is 0.777. The normalized spacial score (nSPS) is 8.80. The van der Waals surface area contributed by atoms with E-state index in [0.717, 1.165) is 8.58 Å². The summed E-state index contributed by atoms with van der Waals surface area (Å²) in [6.45, 7) is 0. The molecule has 0 spiro atoms. The van der Waals surface area contributed by atoms with Crippen LogP contribution >= 0.6 is 8.58 Å². The van der Waals surface area contributed by atoms with Gasteiger partial charge in [0.15, 0.2) is 0 Å². The molecule has 0 aliphatic rings. The van der Waals surface area contributed by atoms with Crippen molar-refractivity contribution in [1.29, 1.82) is 0 Å². The Balaban J connectivity index is 0.000000243. The molecule has 3 aromatic carbocycles. The average Bonchev–Trinajstić information content (AvgIpc) is 2.52. The smallest absolute Gasteiger partial charge is 0 e. The van der Waals surface area contributed by atoms with Crippen LogP contribution < -0.4 is 10.6 Å². The number of rotatable bonds is 2. The van der Waals surface area contributed by atoms with E-state index < -0.39 is 0 Å². The van der Waals surface area contributed by atoms with Crippen molar-refractivity contribution in [2.45, 2.75) is 0 Å². The fourth-order valence-corrected chi connectivity index (χ4v) is 2.60. The molecule has 0 N–H and O–H groups in total. The minimum Gasteiger partial charge on any atom is -0.184 e. The Kier molecular flexibility index (Phi) is 8.85. The molecule has 0 saturated heterocycles. The molecule has 0 heterocycles. The monoisotopic (exact) mass is 369 g/mol. The van der Waals surface area contributed by atoms with Crippen LogP contribution in [-0.2, 0) is 20.4 Å². The van der Waals surface area contributed by atoms with Crippen LogP contribution in [0.25, 0.3) is 0 Å². The molecule has 3 rings (SSSR count). The zero-order chi connectivity index (χ0) is 13.2. The largest absolute Gasteiger partial charge is 0.184 e. The van der Waals surface area contributed by atoms with E-state index in [4.69, 9.17) is 0 Å². The van der Waals surface area contributed by atoms with Crippen LogP contribution in [-0.4, -0.2) is 0 Å². The Morgan fingerprint density at radius 3 is 1.25 bits per heavy atom. The molecule has 0 bridgehead atoms. The fraction of sp³-hybridized carbons (Fsp3) is 0. The molecule has 104 valence electrons. The van der Waals surface area contributed by atoms with Gasteiger partial charge in [-0.25, -0.2) is 0 Å². The summed E-state index contributed by atoms with van der Waals surface area (Å²) >= 11 is 0. The van der Waals surface area contributed by atoms with Crippen LogP contribution in [0, 0.1) is 6.07 Å². The van der Waals surface area contributed by atoms with Crippen molar-refractivity contribution in [3.63, 3.8) is 0 Å². The maximum absolute atomic E-state index is 2.89. The zero-order valence-electron chi connectivity index (χ0n) is 11.0. The molecule has 0 aliphatic carbocycles. The standard InChI is InChI=1S/C12H11P.C6H5.Pd/c1-3-7-11(8-4-1)13-12-9-5-2-6-10-12;1-2-4-6-5-3-1;/h1-10,13H;1-5H;/q;-1;. The first-order valence-corrected chi connectivity index (χ1v) is 7.23. The van der Waals surface area contributed by atoms with E-state index in [9.17, 15) is 0 Å². The van der Waals surface area contributed by atoms with Gasteiger partial charge in [0.1, 0.15) is 0 Å². The molecule has 0 aromatic heterocycles. The van der Waals surface area contributed by atoms with Crippen LogP contribution in [0.5, 0.6) is 0 Å². The first-order valence-electron chi connectivity index (χ1n) is 6.23. The van der Waals surface area contributed by atoms with Crippen LogP contribution in [0.2, 0.25) is 0 Å². The minimum absolute atomic E-state index is 0. The Bertz CT molecular complexity index is 488. The molecular weight excluding hydrogens is 354 g/mol. The van der Waals surface area contributed by atoms with Crippen LogP contribution in [0.3, 0.4) is 0 Å². The van der Waals surface area contributed by atoms with Gasteiger partial charge < -0.3 is 0 Å². The van der Waals surface area contributed by atoms with Crippen molar-refractivity contribution in [3.05, 3.63) is 97.1 Å². The molecule has 3 aromatic rings. The van der Waals surface area contributed by atoms with Crippen molar-refractivity contribution in [3.8, 4) is 0 Å². The third kappa shape index (κ3) is 6.78. The van der Waals surface area contributed by atoms with E-state index in [-0.39, 0.29) is 20.4 Å². The third-order valence-corrected chi connectivity index (χ3v) is 3.69. The van der Waals surface area contributed by atoms with Crippen molar-refractivity contribution in [1.82, 2.24) is 0 Å². The molecule has 2 heteroatoms. The van der Waals surface area contributed by atoms with Crippen molar-refractivity contribution in [2.75, 3.05) is 0 Å². The molecule has 20 heavy (non-hydrogen) atoms. The minimum atomic E-state index is 0. The maximum atomic E-state index is 2.89. The van der Waals surface area contributed by atoms with Crippen molar-refractivity contribution < 1.29 is 20.4 Å². The molecule has 0 amide bonds. The Morgan fingerprint density at radius 2 is 0.950 bits per heavy atom. The third-order valence-electron chi connectivity index (χ3n) is 2.44. The Morgan fingerprint density at radius 1 is 0.550 bits per heavy atom. The quantitative estimate of drug-likeness (QED) is 0.366. The zero-order valence-corrected chi connectivity index (χ0v) is 13.5. The molecule has 0 aliphatic heterocycles. The van der Waals surface area contributed by atoms with Gasteiger partial charge in [-0.1, -0.05) is 69.2 Å². The summed E-state index contributed by atoms with van der Waals surface area (Å²) in [5.41, 5.74) is 0. The molecular formula is C18H16PPd-. The number of benzene rings is 3. The van der Waals surface area contributed by atoms with E-state index in [1.165, 1.54) is 10.6 Å². The van der Waals surface area contributed by atoms with Gasteiger partial charge in [-0.05, 0) is 10.6 Å². The van der Waals surface area contributed by atoms with Crippen LogP contribution in [0.4, 0.5) is 0 Å². The van der Waals surface area contributed by atoms with Gasteiger partial charge in [-0.3, -0.25) is 0 Å². The number of hydrogen-bond acceptors (Lipinski definition) is 0. The van der Waals surface area contributed by atoms with Crippen molar-refractivity contribution in [2.24, 2.45) is 0 Å². The van der Waals surface area contributed by atoms with Crippen molar-refractivity contribution >= 4 is 19.2 Å². The second-order valence-electron chi connectivity index (χ2n) is 3.93. The maximum Gasteiger partial charge on any atom is 0 e. The summed E-state index contributed by atoms with van der Waals surface area (Å²) in [5.74, 6) is 0. The van der Waals surface area contributed by atoms with E-state index in [1.807, 2.05) is 30.3 Å². The predicted molar refractivity (Wildman–Crippen MR) is 85.7 cm³/mol. The van der Waals surface area contributed by atoms with E-state index >= 15 is 0 Å². The first kappa shape index (κ1) is 16.8. The number of hydrogen-bond donors (Lipinski definition) is 0. The van der Waals surface area contributed by atoms with Crippen LogP contribution in [0.1, 0.15) is 0 Å². The van der Waals surface area contributed by atoms with Gasteiger partial charge in [0, 0.05) is 20.4 Å². The van der Waals surface area contributed by atoms with E-state index in [1.54, 1.807) is 0 Å². The molecule has 0 radical (unpaired) electrons. The molecule has 0 atom stereocenters. The van der Waals surface area contributed by atoms with Gasteiger partial charge in [-0.2, -0.15) is 36.4 Å². The predicted octanol–water partition coefficient (Wildman–Crippen LogP) is 3.80. The van der Waals surface area contributed by atoms with E-state index in [2.05, 4.69) is 66.7 Å². The average molecular weight is 370 g/mol. The van der Waals surface area contributed by atoms with Gasteiger partial charge in [0.05, 0.1) is 0 Å². The van der Waals surface area contributed by atoms with Gasteiger partial charge in [0.2, 0.25) is 0 Å². The first-order chi connectivity index (χ1) is 9.45. The molecule has 0 nitrogen and oxygen atoms in total. The van der Waals surface area contributed by atoms with Gasteiger partial charge in [-0.15, -0.1) is 0 Å². The molecule has 0 fully saturated rings. The van der Waals surface area contributed by atoms with Gasteiger partial charge in [0.25, 0.3) is 0 Å². The second-order valence-corrected chi connectivity index (χ2v) is 5.34. The molecule has 0 saturated carbocycles. The topological polar surface area (TPSA) is 0 Å². The Hall–Kier alpha value is -1.25. The second kappa shape index (κ2) is 10.5. The molecule has 0 unspecified atom stereocenters. The van der Waals surface area contributed by atoms with Crippen LogP contribution in [0.15, 0.2) is 91.0 Å². The Labute approximate surface area is 136 Å². The summed E-state index contributed by atoms with van der Waals surface area (Å²) in [4.78, 5) is 0. The SMILES string of the molecule is [Pd].[c-]1ccccc1.c1ccc(Pc2ccccc2)cc1. The summed E-state index contributed by atoms with van der Waals surface area (Å²) in [6.07, 6.45) is 0. The summed E-state index contributed by atoms with van der Waals surface area (Å²) in [6, 6.07) is 33.7. The fourth-order valence-electron chi connectivity index (χ4n) is 1.55. The van der Waals surface area contributed by atoms with Gasteiger partial charge >= 0.3 is 0 Å².